The van der Waals surface area contributed by atoms with E-state index in [1.807, 2.05) is 0 Å². The number of carbonyl (C=O) groups is 2. The molecule has 0 bridgehead atoms. The highest BCUT2D eigenvalue weighted by molar-refractivity contribution is 6.31. The van der Waals surface area contributed by atoms with Gasteiger partial charge in [0.05, 0.1) is 10.8 Å². The van der Waals surface area contributed by atoms with Gasteiger partial charge in [-0.15, -0.1) is 11.6 Å². The van der Waals surface area contributed by atoms with E-state index >= 15 is 0 Å². The molecule has 0 aliphatic heterocycles. The fourth-order valence-electron chi connectivity index (χ4n) is 1.39. The highest BCUT2D eigenvalue weighted by Crippen LogP contribution is 2.37. The molecule has 9 heteroatoms. The van der Waals surface area contributed by atoms with Crippen LogP contribution in [0.1, 0.15) is 26.3 Å². The second kappa shape index (κ2) is 5.35. The molecule has 0 N–H and O–H groups in total. The Labute approximate surface area is 109 Å². The second-order valence-electron chi connectivity index (χ2n) is 3.39. The minimum atomic E-state index is -5.01. The number of Topliss-reactive ketones (excluding diaryl/α,β-unsaturated/α-hetero) is 1. The summed E-state index contributed by atoms with van der Waals surface area (Å²) in [6, 6.07) is 0.683. The number of hydrogen-bond donors (Lipinski definition) is 0. The predicted octanol–water partition coefficient (Wildman–Crippen LogP) is 2.85. The largest absolute Gasteiger partial charge is 0.423 e. The number of benzene rings is 1. The average molecular weight is 296 g/mol. The van der Waals surface area contributed by atoms with Crippen LogP contribution in [-0.4, -0.2) is 22.9 Å². The maximum absolute atomic E-state index is 12.6. The molecular weight excluding hydrogens is 291 g/mol. The van der Waals surface area contributed by atoms with E-state index in [2.05, 4.69) is 0 Å². The second-order valence-corrected chi connectivity index (χ2v) is 3.65. The first kappa shape index (κ1) is 15.1. The van der Waals surface area contributed by atoms with Crippen LogP contribution in [0.15, 0.2) is 12.1 Å². The van der Waals surface area contributed by atoms with E-state index in [4.69, 9.17) is 11.6 Å². The molecule has 0 aliphatic rings. The zero-order valence-electron chi connectivity index (χ0n) is 9.03. The summed E-state index contributed by atoms with van der Waals surface area (Å²) in [5.74, 6) is -1.48. The van der Waals surface area contributed by atoms with Crippen molar-refractivity contribution >= 4 is 29.4 Å². The van der Waals surface area contributed by atoms with E-state index in [1.165, 1.54) is 0 Å². The number of halogens is 4. The Kier molecular flexibility index (Phi) is 4.25. The van der Waals surface area contributed by atoms with Gasteiger partial charge in [-0.1, -0.05) is 0 Å². The molecule has 0 saturated carbocycles. The minimum Gasteiger partial charge on any atom is -0.298 e. The van der Waals surface area contributed by atoms with Gasteiger partial charge in [-0.25, -0.2) is 0 Å². The molecule has 0 fully saturated rings. The first-order valence-electron chi connectivity index (χ1n) is 4.66. The Bertz CT molecular complexity index is 556. The third-order valence-electron chi connectivity index (χ3n) is 2.22. The molecule has 1 rings (SSSR count). The molecule has 19 heavy (non-hydrogen) atoms. The number of nitro groups is 1. The molecule has 0 amide bonds. The minimum absolute atomic E-state index is 0.0126. The topological polar surface area (TPSA) is 77.3 Å². The van der Waals surface area contributed by atoms with Crippen LogP contribution in [-0.2, 0) is 6.18 Å². The van der Waals surface area contributed by atoms with Crippen molar-refractivity contribution in [3.05, 3.63) is 38.9 Å². The number of nitrogens with zero attached hydrogens (tertiary/aromatic N) is 1. The van der Waals surface area contributed by atoms with E-state index in [0.717, 1.165) is 0 Å². The number of carbonyl (C=O) groups excluding carboxylic acids is 2. The fraction of sp³-hybridized carbons (Fsp3) is 0.200. The molecule has 0 radical (unpaired) electrons. The zero-order valence-corrected chi connectivity index (χ0v) is 9.79. The SMILES string of the molecule is O=Cc1cc(C(F)(F)F)c([N+](=O)[O-])cc1C(=O)CCl. The quantitative estimate of drug-likeness (QED) is 0.281. The average Bonchev–Trinajstić information content (AvgIpc) is 2.34. The van der Waals surface area contributed by atoms with Gasteiger partial charge in [0.1, 0.15) is 5.56 Å². The van der Waals surface area contributed by atoms with Crippen molar-refractivity contribution in [1.82, 2.24) is 0 Å². The number of hydrogen-bond acceptors (Lipinski definition) is 4. The lowest BCUT2D eigenvalue weighted by Crippen LogP contribution is -2.13. The van der Waals surface area contributed by atoms with Gasteiger partial charge in [0.15, 0.2) is 12.1 Å². The van der Waals surface area contributed by atoms with Crippen LogP contribution >= 0.6 is 11.6 Å². The first-order valence-corrected chi connectivity index (χ1v) is 5.19. The summed E-state index contributed by atoms with van der Waals surface area (Å²) in [6.45, 7) is 0. The van der Waals surface area contributed by atoms with Gasteiger partial charge in [-0.2, -0.15) is 13.2 Å². The molecule has 0 spiro atoms. The first-order chi connectivity index (χ1) is 8.72. The molecule has 0 heterocycles. The van der Waals surface area contributed by atoms with Crippen molar-refractivity contribution in [2.45, 2.75) is 6.18 Å². The van der Waals surface area contributed by atoms with Crippen LogP contribution in [0, 0.1) is 10.1 Å². The van der Waals surface area contributed by atoms with Crippen molar-refractivity contribution < 1.29 is 27.7 Å². The molecule has 0 unspecified atom stereocenters. The molecule has 0 aromatic heterocycles. The summed E-state index contributed by atoms with van der Waals surface area (Å²) in [6.07, 6.45) is -5.00. The van der Waals surface area contributed by atoms with Gasteiger partial charge in [0.2, 0.25) is 0 Å². The standard InChI is InChI=1S/C10H5ClF3NO4/c11-3-9(17)6-2-8(15(18)19)7(10(12,13)14)1-5(6)4-16/h1-2,4H,3H2. The molecule has 1 aromatic carbocycles. The summed E-state index contributed by atoms with van der Waals surface area (Å²) in [5, 5.41) is 10.6. The summed E-state index contributed by atoms with van der Waals surface area (Å²) in [4.78, 5) is 31.3. The molecule has 1 aromatic rings. The lowest BCUT2D eigenvalue weighted by Gasteiger charge is -2.10. The molecule has 0 aliphatic carbocycles. The van der Waals surface area contributed by atoms with Gasteiger partial charge in [0, 0.05) is 17.2 Å². The fourth-order valence-corrected chi connectivity index (χ4v) is 1.54. The van der Waals surface area contributed by atoms with Gasteiger partial charge < -0.3 is 0 Å². The number of ketones is 1. The van der Waals surface area contributed by atoms with Gasteiger partial charge in [0.25, 0.3) is 5.69 Å². The van der Waals surface area contributed by atoms with E-state index in [-0.39, 0.29) is 12.4 Å². The third kappa shape index (κ3) is 3.08. The summed E-state index contributed by atoms with van der Waals surface area (Å²) in [7, 11) is 0. The van der Waals surface area contributed by atoms with Crippen LogP contribution in [0.3, 0.4) is 0 Å². The van der Waals surface area contributed by atoms with Crippen LogP contribution in [0.5, 0.6) is 0 Å². The highest BCUT2D eigenvalue weighted by Gasteiger charge is 2.39. The normalized spacial score (nSPS) is 11.2. The zero-order chi connectivity index (χ0) is 14.8. The number of nitro benzene ring substituents is 1. The van der Waals surface area contributed by atoms with Crippen LogP contribution in [0.25, 0.3) is 0 Å². The van der Waals surface area contributed by atoms with Crippen molar-refractivity contribution in [2.75, 3.05) is 5.88 Å². The van der Waals surface area contributed by atoms with E-state index in [1.54, 1.807) is 0 Å². The smallest absolute Gasteiger partial charge is 0.298 e. The van der Waals surface area contributed by atoms with Crippen LogP contribution in [0.2, 0.25) is 0 Å². The maximum Gasteiger partial charge on any atom is 0.423 e. The van der Waals surface area contributed by atoms with Crippen molar-refractivity contribution in [3.63, 3.8) is 0 Å². The predicted molar refractivity (Wildman–Crippen MR) is 58.5 cm³/mol. The van der Waals surface area contributed by atoms with Gasteiger partial charge in [-0.05, 0) is 6.07 Å². The Hall–Kier alpha value is -1.96. The monoisotopic (exact) mass is 295 g/mol. The molecular formula is C10H5ClF3NO4. The van der Waals surface area contributed by atoms with E-state index in [0.29, 0.717) is 6.07 Å². The Morgan fingerprint density at radius 3 is 2.37 bits per heavy atom. The van der Waals surface area contributed by atoms with E-state index in [9.17, 15) is 32.9 Å². The van der Waals surface area contributed by atoms with Gasteiger partial charge >= 0.3 is 6.18 Å². The third-order valence-corrected chi connectivity index (χ3v) is 2.46. The number of rotatable bonds is 4. The van der Waals surface area contributed by atoms with E-state index < -0.39 is 45.1 Å². The van der Waals surface area contributed by atoms with Gasteiger partial charge in [-0.3, -0.25) is 19.7 Å². The molecule has 102 valence electrons. The summed E-state index contributed by atoms with van der Waals surface area (Å²) >= 11 is 5.22. The lowest BCUT2D eigenvalue weighted by atomic mass is 10.00. The van der Waals surface area contributed by atoms with Crippen LogP contribution < -0.4 is 0 Å². The van der Waals surface area contributed by atoms with Crippen molar-refractivity contribution in [2.24, 2.45) is 0 Å². The summed E-state index contributed by atoms with van der Waals surface area (Å²) in [5.41, 5.74) is -3.99. The number of aldehydes is 1. The molecule has 5 nitrogen and oxygen atoms in total. The number of alkyl halides is 4. The highest BCUT2D eigenvalue weighted by atomic mass is 35.5. The molecule has 0 saturated heterocycles. The Morgan fingerprint density at radius 2 is 2.00 bits per heavy atom. The maximum atomic E-state index is 12.6. The molecule has 0 atom stereocenters. The van der Waals surface area contributed by atoms with Crippen molar-refractivity contribution in [3.8, 4) is 0 Å². The Morgan fingerprint density at radius 1 is 1.42 bits per heavy atom. The van der Waals surface area contributed by atoms with Crippen molar-refractivity contribution in [1.29, 1.82) is 0 Å². The summed E-state index contributed by atoms with van der Waals surface area (Å²) < 4.78 is 37.8. The van der Waals surface area contributed by atoms with Crippen LogP contribution in [0.4, 0.5) is 18.9 Å². The lowest BCUT2D eigenvalue weighted by molar-refractivity contribution is -0.388. The Balaban J connectivity index is 3.65.